The number of pyridine rings is 1. The third-order valence-corrected chi connectivity index (χ3v) is 5.16. The molecule has 0 aromatic carbocycles. The van der Waals surface area contributed by atoms with Crippen LogP contribution >= 0.6 is 0 Å². The summed E-state index contributed by atoms with van der Waals surface area (Å²) in [7, 11) is 1.87. The van der Waals surface area contributed by atoms with Crippen LogP contribution < -0.4 is 0 Å². The number of hydrogen-bond donors (Lipinski definition) is 0. The normalized spacial score (nSPS) is 14.3. The monoisotopic (exact) mass is 384 g/mol. The Hall–Kier alpha value is -3.84. The fraction of sp³-hybridized carbons (Fsp3) is 0.273. The van der Waals surface area contributed by atoms with Crippen LogP contribution in [0.4, 0.5) is 0 Å². The van der Waals surface area contributed by atoms with Crippen LogP contribution in [-0.2, 0) is 11.8 Å². The molecule has 1 amide bonds. The Labute approximate surface area is 168 Å². The summed E-state index contributed by atoms with van der Waals surface area (Å²) >= 11 is 0. The van der Waals surface area contributed by atoms with Gasteiger partial charge in [0.05, 0.1) is 29.0 Å². The Morgan fingerprint density at radius 1 is 1.21 bits per heavy atom. The number of fused-ring (bicyclic) bond motifs is 1. The SMILES string of the molecule is C=CC(=O)N1CCC(C#Cc2cc(-c3cnn(C)c3)cn3ncc(C#N)c23)CC1. The predicted octanol–water partition coefficient (Wildman–Crippen LogP) is 2.38. The summed E-state index contributed by atoms with van der Waals surface area (Å²) in [5, 5.41) is 18.0. The molecule has 0 aliphatic carbocycles. The van der Waals surface area contributed by atoms with E-state index in [9.17, 15) is 10.1 Å². The van der Waals surface area contributed by atoms with Crippen LogP contribution in [-0.4, -0.2) is 43.3 Å². The fourth-order valence-electron chi connectivity index (χ4n) is 3.58. The lowest BCUT2D eigenvalue weighted by Gasteiger charge is -2.28. The van der Waals surface area contributed by atoms with Crippen molar-refractivity contribution in [2.24, 2.45) is 13.0 Å². The van der Waals surface area contributed by atoms with Crippen molar-refractivity contribution >= 4 is 11.4 Å². The maximum atomic E-state index is 11.7. The molecule has 0 atom stereocenters. The van der Waals surface area contributed by atoms with Crippen LogP contribution in [0.3, 0.4) is 0 Å². The summed E-state index contributed by atoms with van der Waals surface area (Å²) < 4.78 is 3.45. The minimum atomic E-state index is -0.0276. The molecule has 7 nitrogen and oxygen atoms in total. The third-order valence-electron chi connectivity index (χ3n) is 5.16. The molecule has 4 rings (SSSR count). The maximum Gasteiger partial charge on any atom is 0.245 e. The van der Waals surface area contributed by atoms with E-state index >= 15 is 0 Å². The van der Waals surface area contributed by atoms with Crippen LogP contribution in [0.5, 0.6) is 0 Å². The number of carbonyl (C=O) groups excluding carboxylic acids is 1. The van der Waals surface area contributed by atoms with Crippen molar-refractivity contribution in [2.75, 3.05) is 13.1 Å². The summed E-state index contributed by atoms with van der Waals surface area (Å²) in [6, 6.07) is 4.18. The molecule has 3 aromatic heterocycles. The number of aryl methyl sites for hydroxylation is 1. The highest BCUT2D eigenvalue weighted by Crippen LogP contribution is 2.24. The van der Waals surface area contributed by atoms with Gasteiger partial charge in [0.15, 0.2) is 0 Å². The molecule has 0 bridgehead atoms. The molecule has 144 valence electrons. The second kappa shape index (κ2) is 7.65. The van der Waals surface area contributed by atoms with Gasteiger partial charge in [-0.1, -0.05) is 18.4 Å². The van der Waals surface area contributed by atoms with Crippen molar-refractivity contribution in [1.82, 2.24) is 24.3 Å². The molecule has 1 saturated heterocycles. The molecule has 7 heteroatoms. The highest BCUT2D eigenvalue weighted by atomic mass is 16.2. The van der Waals surface area contributed by atoms with Gasteiger partial charge in [-0.25, -0.2) is 4.52 Å². The van der Waals surface area contributed by atoms with E-state index in [4.69, 9.17) is 0 Å². The van der Waals surface area contributed by atoms with Crippen molar-refractivity contribution in [3.05, 3.63) is 54.6 Å². The van der Waals surface area contributed by atoms with E-state index in [1.54, 1.807) is 26.5 Å². The third kappa shape index (κ3) is 3.63. The maximum absolute atomic E-state index is 11.7. The Morgan fingerprint density at radius 3 is 2.66 bits per heavy atom. The molecule has 1 fully saturated rings. The van der Waals surface area contributed by atoms with Crippen molar-refractivity contribution in [1.29, 1.82) is 5.26 Å². The van der Waals surface area contributed by atoms with Crippen LogP contribution in [0.15, 0.2) is 43.5 Å². The number of amides is 1. The van der Waals surface area contributed by atoms with Gasteiger partial charge in [0.2, 0.25) is 5.91 Å². The van der Waals surface area contributed by atoms with E-state index in [1.165, 1.54) is 6.08 Å². The molecule has 29 heavy (non-hydrogen) atoms. The average molecular weight is 384 g/mol. The van der Waals surface area contributed by atoms with E-state index in [1.807, 2.05) is 25.5 Å². The molecule has 3 aromatic rings. The Balaban J connectivity index is 1.67. The average Bonchev–Trinajstić information content (AvgIpc) is 3.37. The van der Waals surface area contributed by atoms with Crippen molar-refractivity contribution < 1.29 is 4.79 Å². The molecule has 0 saturated carbocycles. The summed E-state index contributed by atoms with van der Waals surface area (Å²) in [6.45, 7) is 4.92. The lowest BCUT2D eigenvalue weighted by molar-refractivity contribution is -0.127. The lowest BCUT2D eigenvalue weighted by Crippen LogP contribution is -2.37. The van der Waals surface area contributed by atoms with E-state index in [0.29, 0.717) is 24.2 Å². The molecule has 0 radical (unpaired) electrons. The molecular weight excluding hydrogens is 364 g/mol. The first-order valence-electron chi connectivity index (χ1n) is 9.42. The number of carbonyl (C=O) groups is 1. The highest BCUT2D eigenvalue weighted by molar-refractivity contribution is 5.87. The first-order valence-corrected chi connectivity index (χ1v) is 9.42. The van der Waals surface area contributed by atoms with Gasteiger partial charge in [-0.05, 0) is 25.0 Å². The number of nitrogens with zero attached hydrogens (tertiary/aromatic N) is 6. The molecule has 1 aliphatic rings. The zero-order valence-corrected chi connectivity index (χ0v) is 16.2. The van der Waals surface area contributed by atoms with Gasteiger partial charge in [-0.15, -0.1) is 0 Å². The topological polar surface area (TPSA) is 79.2 Å². The number of hydrogen-bond acceptors (Lipinski definition) is 4. The van der Waals surface area contributed by atoms with Gasteiger partial charge < -0.3 is 4.90 Å². The minimum absolute atomic E-state index is 0.0276. The van der Waals surface area contributed by atoms with Crippen LogP contribution in [0.2, 0.25) is 0 Å². The van der Waals surface area contributed by atoms with Gasteiger partial charge in [0, 0.05) is 49.6 Å². The number of aromatic nitrogens is 4. The second-order valence-corrected chi connectivity index (χ2v) is 7.08. The Morgan fingerprint density at radius 2 is 2.00 bits per heavy atom. The van der Waals surface area contributed by atoms with Crippen LogP contribution in [0.1, 0.15) is 24.0 Å². The van der Waals surface area contributed by atoms with Crippen LogP contribution in [0.25, 0.3) is 16.6 Å². The first kappa shape index (κ1) is 18.5. The summed E-state index contributed by atoms with van der Waals surface area (Å²) in [5.41, 5.74) is 3.88. The smallest absolute Gasteiger partial charge is 0.245 e. The van der Waals surface area contributed by atoms with Crippen molar-refractivity contribution in [3.63, 3.8) is 0 Å². The van der Waals surface area contributed by atoms with Gasteiger partial charge >= 0.3 is 0 Å². The standard InChI is InChI=1S/C22H20N6O/c1-3-21(29)27-8-6-16(7-9-27)4-5-17-10-18(20-13-24-26(2)14-20)15-28-22(17)19(11-23)12-25-28/h3,10,12-16H,1,6-9H2,2H3. The molecule has 0 spiro atoms. The second-order valence-electron chi connectivity index (χ2n) is 7.08. The highest BCUT2D eigenvalue weighted by Gasteiger charge is 2.20. The van der Waals surface area contributed by atoms with Crippen LogP contribution in [0, 0.1) is 29.1 Å². The summed E-state index contributed by atoms with van der Waals surface area (Å²) in [4.78, 5) is 13.5. The van der Waals surface area contributed by atoms with E-state index in [0.717, 1.165) is 29.5 Å². The number of likely N-dealkylation sites (tertiary alicyclic amines) is 1. The summed E-state index contributed by atoms with van der Waals surface area (Å²) in [6.07, 6.45) is 10.2. The molecule has 0 unspecified atom stereocenters. The molecular formula is C22H20N6O. The first-order chi connectivity index (χ1) is 14.1. The minimum Gasteiger partial charge on any atom is -0.339 e. The van der Waals surface area contributed by atoms with Gasteiger partial charge in [-0.2, -0.15) is 15.5 Å². The largest absolute Gasteiger partial charge is 0.339 e. The number of piperidine rings is 1. The molecule has 0 N–H and O–H groups in total. The van der Waals surface area contributed by atoms with E-state index in [2.05, 4.69) is 34.7 Å². The van der Waals surface area contributed by atoms with Gasteiger partial charge in [-0.3, -0.25) is 9.48 Å². The van der Waals surface area contributed by atoms with E-state index < -0.39 is 0 Å². The molecule has 4 heterocycles. The van der Waals surface area contributed by atoms with Gasteiger partial charge in [0.25, 0.3) is 0 Å². The Bertz CT molecular complexity index is 1190. The lowest BCUT2D eigenvalue weighted by atomic mass is 9.96. The van der Waals surface area contributed by atoms with Crippen molar-refractivity contribution in [3.8, 4) is 29.0 Å². The zero-order chi connectivity index (χ0) is 20.4. The number of nitriles is 1. The Kier molecular flexibility index (Phi) is 4.88. The zero-order valence-electron chi connectivity index (χ0n) is 16.2. The van der Waals surface area contributed by atoms with Crippen molar-refractivity contribution in [2.45, 2.75) is 12.8 Å². The predicted molar refractivity (Wildman–Crippen MR) is 108 cm³/mol. The van der Waals surface area contributed by atoms with Gasteiger partial charge in [0.1, 0.15) is 6.07 Å². The quantitative estimate of drug-likeness (QED) is 0.502. The fourth-order valence-corrected chi connectivity index (χ4v) is 3.58. The van der Waals surface area contributed by atoms with E-state index in [-0.39, 0.29) is 11.8 Å². The molecule has 1 aliphatic heterocycles. The number of rotatable bonds is 2. The summed E-state index contributed by atoms with van der Waals surface area (Å²) in [5.74, 6) is 6.81.